The Morgan fingerprint density at radius 3 is 2.89 bits per heavy atom. The van der Waals surface area contributed by atoms with E-state index in [1.54, 1.807) is 12.1 Å². The molecule has 98 valence electrons. The molecule has 18 heavy (non-hydrogen) atoms. The molecule has 1 heterocycles. The largest absolute Gasteiger partial charge is 0.507 e. The molecular formula is C13H17BrN2O2. The van der Waals surface area contributed by atoms with Crippen molar-refractivity contribution in [2.75, 3.05) is 19.6 Å². The monoisotopic (exact) mass is 312 g/mol. The molecule has 1 saturated heterocycles. The zero-order valence-electron chi connectivity index (χ0n) is 10.5. The maximum Gasteiger partial charge on any atom is 0.258 e. The second kappa shape index (κ2) is 4.90. The van der Waals surface area contributed by atoms with Crippen molar-refractivity contribution in [3.05, 3.63) is 28.2 Å². The summed E-state index contributed by atoms with van der Waals surface area (Å²) in [6.07, 6.45) is 0. The van der Waals surface area contributed by atoms with E-state index in [-0.39, 0.29) is 17.2 Å². The van der Waals surface area contributed by atoms with Crippen molar-refractivity contribution in [3.8, 4) is 5.75 Å². The first-order valence-electron chi connectivity index (χ1n) is 5.93. The Labute approximate surface area is 115 Å². The van der Waals surface area contributed by atoms with Crippen LogP contribution in [0, 0.1) is 0 Å². The molecular weight excluding hydrogens is 296 g/mol. The lowest BCUT2D eigenvalue weighted by molar-refractivity contribution is 0.0474. The summed E-state index contributed by atoms with van der Waals surface area (Å²) in [7, 11) is 0. The molecule has 1 aromatic carbocycles. The van der Waals surface area contributed by atoms with E-state index in [4.69, 9.17) is 0 Å². The number of carbonyl (C=O) groups is 1. The minimum Gasteiger partial charge on any atom is -0.507 e. The average Bonchev–Trinajstić information content (AvgIpc) is 2.31. The third-order valence-electron chi connectivity index (χ3n) is 3.23. The lowest BCUT2D eigenvalue weighted by Crippen LogP contribution is -2.59. The molecule has 0 spiro atoms. The quantitative estimate of drug-likeness (QED) is 0.833. The van der Waals surface area contributed by atoms with Crippen molar-refractivity contribution < 1.29 is 9.90 Å². The maximum atomic E-state index is 12.5. The van der Waals surface area contributed by atoms with Crippen LogP contribution in [0.4, 0.5) is 0 Å². The third kappa shape index (κ3) is 2.52. The fraction of sp³-hybridized carbons (Fsp3) is 0.462. The molecule has 2 rings (SSSR count). The summed E-state index contributed by atoms with van der Waals surface area (Å²) in [5.74, 6) is -0.0992. The molecule has 1 aromatic rings. The SMILES string of the molecule is CC1(C)CNCCN1C(=O)c1cc(Br)ccc1O. The second-order valence-electron chi connectivity index (χ2n) is 5.11. The molecule has 2 N–H and O–H groups in total. The third-order valence-corrected chi connectivity index (χ3v) is 3.73. The van der Waals surface area contributed by atoms with Crippen LogP contribution in [0.5, 0.6) is 5.75 Å². The number of hydrogen-bond donors (Lipinski definition) is 2. The Morgan fingerprint density at radius 1 is 1.50 bits per heavy atom. The number of carbonyl (C=O) groups excluding carboxylic acids is 1. The fourth-order valence-electron chi connectivity index (χ4n) is 2.18. The van der Waals surface area contributed by atoms with Crippen molar-refractivity contribution >= 4 is 21.8 Å². The van der Waals surface area contributed by atoms with E-state index in [1.165, 1.54) is 6.07 Å². The summed E-state index contributed by atoms with van der Waals surface area (Å²) in [5, 5.41) is 13.1. The highest BCUT2D eigenvalue weighted by atomic mass is 79.9. The topological polar surface area (TPSA) is 52.6 Å². The summed E-state index contributed by atoms with van der Waals surface area (Å²) in [6.45, 7) is 6.23. The number of aromatic hydroxyl groups is 1. The van der Waals surface area contributed by atoms with E-state index in [1.807, 2.05) is 18.7 Å². The van der Waals surface area contributed by atoms with Crippen molar-refractivity contribution in [3.63, 3.8) is 0 Å². The molecule has 5 heteroatoms. The van der Waals surface area contributed by atoms with Crippen LogP contribution in [0.25, 0.3) is 0 Å². The maximum absolute atomic E-state index is 12.5. The summed E-state index contributed by atoms with van der Waals surface area (Å²) >= 11 is 3.32. The zero-order valence-corrected chi connectivity index (χ0v) is 12.1. The van der Waals surface area contributed by atoms with Crippen LogP contribution >= 0.6 is 15.9 Å². The Morgan fingerprint density at radius 2 is 2.22 bits per heavy atom. The second-order valence-corrected chi connectivity index (χ2v) is 6.02. The minimum atomic E-state index is -0.246. The molecule has 1 fully saturated rings. The average molecular weight is 313 g/mol. The van der Waals surface area contributed by atoms with E-state index in [9.17, 15) is 9.90 Å². The number of halogens is 1. The van der Waals surface area contributed by atoms with Crippen LogP contribution in [0.15, 0.2) is 22.7 Å². The Bertz CT molecular complexity index is 474. The highest BCUT2D eigenvalue weighted by Crippen LogP contribution is 2.26. The van der Waals surface area contributed by atoms with Gasteiger partial charge in [0.15, 0.2) is 0 Å². The predicted molar refractivity (Wildman–Crippen MR) is 73.8 cm³/mol. The lowest BCUT2D eigenvalue weighted by Gasteiger charge is -2.42. The van der Waals surface area contributed by atoms with Gasteiger partial charge in [-0.1, -0.05) is 15.9 Å². The highest BCUT2D eigenvalue weighted by molar-refractivity contribution is 9.10. The molecule has 0 aromatic heterocycles. The van der Waals surface area contributed by atoms with Gasteiger partial charge in [-0.25, -0.2) is 0 Å². The van der Waals surface area contributed by atoms with Gasteiger partial charge in [0.1, 0.15) is 5.75 Å². The smallest absolute Gasteiger partial charge is 0.258 e. The van der Waals surface area contributed by atoms with Gasteiger partial charge < -0.3 is 15.3 Å². The molecule has 0 aliphatic carbocycles. The van der Waals surface area contributed by atoms with Crippen LogP contribution in [0.3, 0.4) is 0 Å². The standard InChI is InChI=1S/C13H17BrN2O2/c1-13(2)8-15-5-6-16(13)12(18)10-7-9(14)3-4-11(10)17/h3-4,7,15,17H,5-6,8H2,1-2H3. The van der Waals surface area contributed by atoms with Gasteiger partial charge in [-0.15, -0.1) is 0 Å². The van der Waals surface area contributed by atoms with Crippen LogP contribution < -0.4 is 5.32 Å². The summed E-state index contributed by atoms with van der Waals surface area (Å²) in [5.41, 5.74) is 0.101. The number of nitrogens with zero attached hydrogens (tertiary/aromatic N) is 1. The van der Waals surface area contributed by atoms with E-state index < -0.39 is 0 Å². The lowest BCUT2D eigenvalue weighted by atomic mass is 9.98. The zero-order chi connectivity index (χ0) is 13.3. The van der Waals surface area contributed by atoms with Gasteiger partial charge in [0.2, 0.25) is 0 Å². The molecule has 0 saturated carbocycles. The Balaban J connectivity index is 2.33. The summed E-state index contributed by atoms with van der Waals surface area (Å²) in [6, 6.07) is 4.91. The van der Waals surface area contributed by atoms with Gasteiger partial charge in [-0.3, -0.25) is 4.79 Å². The number of amides is 1. The predicted octanol–water partition coefficient (Wildman–Crippen LogP) is 1.98. The van der Waals surface area contributed by atoms with Gasteiger partial charge in [-0.05, 0) is 32.0 Å². The first-order valence-corrected chi connectivity index (χ1v) is 6.72. The van der Waals surface area contributed by atoms with Gasteiger partial charge in [0.05, 0.1) is 11.1 Å². The van der Waals surface area contributed by atoms with Gasteiger partial charge in [0, 0.05) is 24.1 Å². The number of phenolic OH excluding ortho intramolecular Hbond substituents is 1. The van der Waals surface area contributed by atoms with Gasteiger partial charge in [0.25, 0.3) is 5.91 Å². The summed E-state index contributed by atoms with van der Waals surface area (Å²) < 4.78 is 0.789. The fourth-order valence-corrected chi connectivity index (χ4v) is 2.55. The number of piperazine rings is 1. The van der Waals surface area contributed by atoms with Crippen LogP contribution in [0.2, 0.25) is 0 Å². The number of nitrogens with one attached hydrogen (secondary N) is 1. The normalized spacial score (nSPS) is 18.7. The molecule has 0 radical (unpaired) electrons. The van der Waals surface area contributed by atoms with Crippen LogP contribution in [-0.4, -0.2) is 41.1 Å². The molecule has 1 amide bonds. The molecule has 1 aliphatic heterocycles. The number of phenols is 1. The summed E-state index contributed by atoms with van der Waals surface area (Å²) in [4.78, 5) is 14.3. The van der Waals surface area contributed by atoms with Crippen LogP contribution in [0.1, 0.15) is 24.2 Å². The number of rotatable bonds is 1. The van der Waals surface area contributed by atoms with E-state index >= 15 is 0 Å². The number of hydrogen-bond acceptors (Lipinski definition) is 3. The van der Waals surface area contributed by atoms with Crippen molar-refractivity contribution in [2.24, 2.45) is 0 Å². The molecule has 0 atom stereocenters. The molecule has 0 unspecified atom stereocenters. The van der Waals surface area contributed by atoms with Crippen LogP contribution in [-0.2, 0) is 0 Å². The Hall–Kier alpha value is -1.07. The molecule has 1 aliphatic rings. The first-order chi connectivity index (χ1) is 8.42. The number of benzene rings is 1. The first kappa shape index (κ1) is 13.4. The molecule has 0 bridgehead atoms. The van der Waals surface area contributed by atoms with Crippen molar-refractivity contribution in [1.29, 1.82) is 0 Å². The van der Waals surface area contributed by atoms with Gasteiger partial charge >= 0.3 is 0 Å². The van der Waals surface area contributed by atoms with E-state index in [0.29, 0.717) is 12.1 Å². The Kier molecular flexibility index (Phi) is 3.64. The molecule has 4 nitrogen and oxygen atoms in total. The van der Waals surface area contributed by atoms with E-state index in [0.717, 1.165) is 17.6 Å². The highest BCUT2D eigenvalue weighted by Gasteiger charge is 2.34. The van der Waals surface area contributed by atoms with Gasteiger partial charge in [-0.2, -0.15) is 0 Å². The minimum absolute atomic E-state index is 0.0255. The van der Waals surface area contributed by atoms with Crippen molar-refractivity contribution in [1.82, 2.24) is 10.2 Å². The van der Waals surface area contributed by atoms with E-state index in [2.05, 4.69) is 21.2 Å². The van der Waals surface area contributed by atoms with Crippen molar-refractivity contribution in [2.45, 2.75) is 19.4 Å².